The van der Waals surface area contributed by atoms with Gasteiger partial charge in [0.2, 0.25) is 0 Å². The van der Waals surface area contributed by atoms with Gasteiger partial charge >= 0.3 is 0 Å². The highest BCUT2D eigenvalue weighted by Gasteiger charge is 2.25. The zero-order chi connectivity index (χ0) is 13.1. The van der Waals surface area contributed by atoms with Crippen molar-refractivity contribution in [2.75, 3.05) is 13.7 Å². The number of nitrogens with one attached hydrogen (secondary N) is 1. The van der Waals surface area contributed by atoms with Gasteiger partial charge in [0.15, 0.2) is 17.5 Å². The average molecular weight is 259 g/mol. The molecular formula is C13H16F3NO. The predicted molar refractivity (Wildman–Crippen MR) is 61.7 cm³/mol. The smallest absolute Gasteiger partial charge is 0.194 e. The summed E-state index contributed by atoms with van der Waals surface area (Å²) in [6, 6.07) is 1.86. The Hall–Kier alpha value is -1.07. The minimum Gasteiger partial charge on any atom is -0.378 e. The van der Waals surface area contributed by atoms with Crippen LogP contribution in [0, 0.1) is 17.5 Å². The Kier molecular flexibility index (Phi) is 4.24. The highest BCUT2D eigenvalue weighted by Crippen LogP contribution is 2.28. The van der Waals surface area contributed by atoms with Gasteiger partial charge < -0.3 is 10.1 Å². The molecule has 1 N–H and O–H groups in total. The second-order valence-electron chi connectivity index (χ2n) is 4.48. The van der Waals surface area contributed by atoms with Crippen molar-refractivity contribution in [3.05, 3.63) is 35.1 Å². The molecule has 100 valence electrons. The summed E-state index contributed by atoms with van der Waals surface area (Å²) < 4.78 is 45.2. The summed E-state index contributed by atoms with van der Waals surface area (Å²) in [4.78, 5) is 0. The minimum absolute atomic E-state index is 0.0509. The number of halogens is 3. The van der Waals surface area contributed by atoms with Gasteiger partial charge in [-0.2, -0.15) is 0 Å². The van der Waals surface area contributed by atoms with Crippen molar-refractivity contribution < 1.29 is 17.9 Å². The normalized spacial score (nSPS) is 21.2. The fourth-order valence-electron chi connectivity index (χ4n) is 2.30. The predicted octanol–water partition coefficient (Wildman–Crippen LogP) is 2.93. The zero-order valence-electron chi connectivity index (χ0n) is 10.2. The van der Waals surface area contributed by atoms with E-state index in [2.05, 4.69) is 5.32 Å². The lowest BCUT2D eigenvalue weighted by Gasteiger charge is -2.21. The number of ether oxygens (including phenoxy) is 1. The summed E-state index contributed by atoms with van der Waals surface area (Å²) in [7, 11) is 1.67. The third-order valence-corrected chi connectivity index (χ3v) is 3.31. The third kappa shape index (κ3) is 2.67. The topological polar surface area (TPSA) is 21.3 Å². The highest BCUT2D eigenvalue weighted by atomic mass is 19.2. The molecule has 18 heavy (non-hydrogen) atoms. The fraction of sp³-hybridized carbons (Fsp3) is 0.538. The molecular weight excluding hydrogens is 243 g/mol. The number of hydrogen-bond donors (Lipinski definition) is 1. The van der Waals surface area contributed by atoms with Gasteiger partial charge in [-0.1, -0.05) is 6.07 Å². The van der Waals surface area contributed by atoms with Crippen molar-refractivity contribution in [1.29, 1.82) is 0 Å². The molecule has 0 bridgehead atoms. The van der Waals surface area contributed by atoms with Crippen LogP contribution in [0.1, 0.15) is 30.9 Å². The van der Waals surface area contributed by atoms with Crippen molar-refractivity contribution in [3.8, 4) is 0 Å². The van der Waals surface area contributed by atoms with E-state index in [1.165, 1.54) is 6.07 Å². The molecule has 1 heterocycles. The first kappa shape index (κ1) is 13.4. The molecule has 2 nitrogen and oxygen atoms in total. The molecule has 1 aliphatic rings. The van der Waals surface area contributed by atoms with Crippen molar-refractivity contribution in [2.24, 2.45) is 0 Å². The minimum atomic E-state index is -1.42. The maximum absolute atomic E-state index is 13.7. The van der Waals surface area contributed by atoms with Crippen molar-refractivity contribution >= 4 is 0 Å². The first-order valence-electron chi connectivity index (χ1n) is 6.05. The molecule has 0 spiro atoms. The first-order valence-corrected chi connectivity index (χ1v) is 6.05. The van der Waals surface area contributed by atoms with E-state index in [1.54, 1.807) is 7.05 Å². The molecule has 2 atom stereocenters. The van der Waals surface area contributed by atoms with Crippen LogP contribution in [0.3, 0.4) is 0 Å². The molecule has 5 heteroatoms. The Balaban J connectivity index is 2.18. The van der Waals surface area contributed by atoms with Crippen LogP contribution in [0.4, 0.5) is 13.2 Å². The third-order valence-electron chi connectivity index (χ3n) is 3.31. The summed E-state index contributed by atoms with van der Waals surface area (Å²) in [6.07, 6.45) is 2.51. The van der Waals surface area contributed by atoms with Crippen LogP contribution in [-0.2, 0) is 4.74 Å². The van der Waals surface area contributed by atoms with E-state index in [-0.39, 0.29) is 17.7 Å². The molecule has 2 rings (SSSR count). The number of benzene rings is 1. The molecule has 1 aromatic carbocycles. The summed E-state index contributed by atoms with van der Waals surface area (Å²) >= 11 is 0. The SMILES string of the molecule is CNC(CC1CCCO1)c1ccc(F)c(F)c1F. The number of rotatable bonds is 4. The van der Waals surface area contributed by atoms with Crippen LogP contribution in [0.25, 0.3) is 0 Å². The van der Waals surface area contributed by atoms with E-state index in [4.69, 9.17) is 4.74 Å². The van der Waals surface area contributed by atoms with Crippen molar-refractivity contribution in [1.82, 2.24) is 5.32 Å². The van der Waals surface area contributed by atoms with Crippen LogP contribution in [0.15, 0.2) is 12.1 Å². The molecule has 0 amide bonds. The summed E-state index contributed by atoms with van der Waals surface area (Å²) in [5.74, 6) is -3.70. The van der Waals surface area contributed by atoms with Gasteiger partial charge in [0.1, 0.15) is 0 Å². The zero-order valence-corrected chi connectivity index (χ0v) is 10.2. The van der Waals surface area contributed by atoms with Gasteiger partial charge in [-0.05, 0) is 32.4 Å². The van der Waals surface area contributed by atoms with Gasteiger partial charge in [0.05, 0.1) is 6.10 Å². The van der Waals surface area contributed by atoms with E-state index in [1.807, 2.05) is 0 Å². The molecule has 1 aliphatic heterocycles. The van der Waals surface area contributed by atoms with E-state index in [0.717, 1.165) is 18.9 Å². The van der Waals surface area contributed by atoms with E-state index in [9.17, 15) is 13.2 Å². The molecule has 0 radical (unpaired) electrons. The van der Waals surface area contributed by atoms with Gasteiger partial charge in [-0.3, -0.25) is 0 Å². The van der Waals surface area contributed by atoms with Crippen molar-refractivity contribution in [3.63, 3.8) is 0 Å². The van der Waals surface area contributed by atoms with Crippen LogP contribution < -0.4 is 5.32 Å². The van der Waals surface area contributed by atoms with Crippen LogP contribution in [0.5, 0.6) is 0 Å². The monoisotopic (exact) mass is 259 g/mol. The fourth-order valence-corrected chi connectivity index (χ4v) is 2.30. The maximum Gasteiger partial charge on any atom is 0.194 e. The van der Waals surface area contributed by atoms with Crippen LogP contribution in [-0.4, -0.2) is 19.8 Å². The standard InChI is InChI=1S/C13H16F3NO/c1-17-11(7-8-3-2-6-18-8)9-4-5-10(14)13(16)12(9)15/h4-5,8,11,17H,2-3,6-7H2,1H3. The van der Waals surface area contributed by atoms with Gasteiger partial charge in [-0.25, -0.2) is 13.2 Å². The van der Waals surface area contributed by atoms with Crippen LogP contribution >= 0.6 is 0 Å². The second-order valence-corrected chi connectivity index (χ2v) is 4.48. The van der Waals surface area contributed by atoms with E-state index in [0.29, 0.717) is 13.0 Å². The summed E-state index contributed by atoms with van der Waals surface area (Å²) in [5.41, 5.74) is 0.145. The molecule has 1 fully saturated rings. The lowest BCUT2D eigenvalue weighted by atomic mass is 9.98. The molecule has 0 aromatic heterocycles. The first-order chi connectivity index (χ1) is 8.63. The Morgan fingerprint density at radius 1 is 1.33 bits per heavy atom. The second kappa shape index (κ2) is 5.71. The Morgan fingerprint density at radius 2 is 2.11 bits per heavy atom. The maximum atomic E-state index is 13.7. The van der Waals surface area contributed by atoms with Gasteiger partial charge in [-0.15, -0.1) is 0 Å². The molecule has 1 aromatic rings. The number of hydrogen-bond acceptors (Lipinski definition) is 2. The highest BCUT2D eigenvalue weighted by molar-refractivity contribution is 5.23. The Bertz CT molecular complexity index is 419. The lowest BCUT2D eigenvalue weighted by molar-refractivity contribution is 0.0949. The Morgan fingerprint density at radius 3 is 2.72 bits per heavy atom. The van der Waals surface area contributed by atoms with Gasteiger partial charge in [0, 0.05) is 18.2 Å². The molecule has 0 saturated carbocycles. The summed E-state index contributed by atoms with van der Waals surface area (Å²) in [6.45, 7) is 0.710. The Labute approximate surface area is 104 Å². The summed E-state index contributed by atoms with van der Waals surface area (Å²) in [5, 5.41) is 2.92. The van der Waals surface area contributed by atoms with Crippen LogP contribution in [0.2, 0.25) is 0 Å². The largest absolute Gasteiger partial charge is 0.378 e. The molecule has 1 saturated heterocycles. The quantitative estimate of drug-likeness (QED) is 0.839. The van der Waals surface area contributed by atoms with E-state index < -0.39 is 17.5 Å². The molecule has 2 unspecified atom stereocenters. The average Bonchev–Trinajstić information content (AvgIpc) is 2.87. The van der Waals surface area contributed by atoms with E-state index >= 15 is 0 Å². The lowest BCUT2D eigenvalue weighted by Crippen LogP contribution is -2.23. The van der Waals surface area contributed by atoms with Crippen molar-refractivity contribution in [2.45, 2.75) is 31.4 Å². The molecule has 0 aliphatic carbocycles. The van der Waals surface area contributed by atoms with Gasteiger partial charge in [0.25, 0.3) is 0 Å².